The highest BCUT2D eigenvalue weighted by Gasteiger charge is 2.13. The summed E-state index contributed by atoms with van der Waals surface area (Å²) in [5, 5.41) is 8.58. The van der Waals surface area contributed by atoms with Gasteiger partial charge in [0, 0.05) is 6.20 Å². The van der Waals surface area contributed by atoms with Crippen molar-refractivity contribution in [3.8, 4) is 0 Å². The molecule has 0 saturated carbocycles. The quantitative estimate of drug-likeness (QED) is 0.701. The van der Waals surface area contributed by atoms with Crippen LogP contribution in [0.5, 0.6) is 0 Å². The molecule has 0 aromatic carbocycles. The zero-order chi connectivity index (χ0) is 10.6. The van der Waals surface area contributed by atoms with E-state index in [-0.39, 0.29) is 18.1 Å². The number of ether oxygens (including phenoxy) is 1. The lowest BCUT2D eigenvalue weighted by molar-refractivity contribution is 0.0511. The lowest BCUT2D eigenvalue weighted by Gasteiger charge is -1.99. The van der Waals surface area contributed by atoms with Crippen molar-refractivity contribution in [2.45, 2.75) is 6.92 Å². The molecule has 0 aliphatic carbocycles. The molecule has 0 spiro atoms. The molecule has 1 heterocycles. The van der Waals surface area contributed by atoms with Crippen LogP contribution in [0.3, 0.4) is 0 Å². The largest absolute Gasteiger partial charge is 0.477 e. The second kappa shape index (κ2) is 4.31. The summed E-state index contributed by atoms with van der Waals surface area (Å²) < 4.78 is 4.61. The van der Waals surface area contributed by atoms with Gasteiger partial charge in [0.1, 0.15) is 0 Å². The summed E-state index contributed by atoms with van der Waals surface area (Å²) in [6.07, 6.45) is 1.20. The highest BCUT2D eigenvalue weighted by Crippen LogP contribution is 1.97. The Bertz CT molecular complexity index is 364. The third-order valence-electron chi connectivity index (χ3n) is 1.33. The molecule has 0 radical (unpaired) electrons. The van der Waals surface area contributed by atoms with E-state index in [0.717, 1.165) is 0 Å². The molecule has 0 saturated heterocycles. The number of nitrogens with zero attached hydrogens (tertiary/aromatic N) is 2. The molecule has 14 heavy (non-hydrogen) atoms. The average molecular weight is 196 g/mol. The molecule has 0 aliphatic heterocycles. The molecule has 74 valence electrons. The van der Waals surface area contributed by atoms with Gasteiger partial charge in [-0.25, -0.2) is 19.6 Å². The molecular formula is C8H8N2O4. The van der Waals surface area contributed by atoms with Crippen molar-refractivity contribution in [3.63, 3.8) is 0 Å². The topological polar surface area (TPSA) is 89.4 Å². The standard InChI is InChI=1S/C8H8N2O4/c1-2-14-8(13)6-9-4-3-5(10-6)7(11)12/h3-4H,2H2,1H3,(H,11,12). The fourth-order valence-corrected chi connectivity index (χ4v) is 0.772. The van der Waals surface area contributed by atoms with E-state index in [1.165, 1.54) is 12.3 Å². The van der Waals surface area contributed by atoms with Crippen molar-refractivity contribution < 1.29 is 19.4 Å². The van der Waals surface area contributed by atoms with Gasteiger partial charge in [-0.1, -0.05) is 0 Å². The molecule has 0 bridgehead atoms. The number of aromatic nitrogens is 2. The second-order valence-electron chi connectivity index (χ2n) is 2.29. The minimum Gasteiger partial charge on any atom is -0.477 e. The molecular weight excluding hydrogens is 188 g/mol. The Balaban J connectivity index is 2.93. The van der Waals surface area contributed by atoms with Crippen LogP contribution in [0.4, 0.5) is 0 Å². The predicted molar refractivity (Wildman–Crippen MR) is 44.9 cm³/mol. The third kappa shape index (κ3) is 2.25. The third-order valence-corrected chi connectivity index (χ3v) is 1.33. The second-order valence-corrected chi connectivity index (χ2v) is 2.29. The van der Waals surface area contributed by atoms with Crippen LogP contribution in [0.2, 0.25) is 0 Å². The van der Waals surface area contributed by atoms with Crippen LogP contribution in [0.1, 0.15) is 28.0 Å². The first-order valence-electron chi connectivity index (χ1n) is 3.88. The number of aromatic carboxylic acids is 1. The van der Waals surface area contributed by atoms with Gasteiger partial charge in [-0.2, -0.15) is 0 Å². The van der Waals surface area contributed by atoms with Crippen LogP contribution in [0, 0.1) is 0 Å². The Hall–Kier alpha value is -1.98. The Labute approximate surface area is 79.6 Å². The minimum atomic E-state index is -1.21. The molecule has 1 N–H and O–H groups in total. The zero-order valence-electron chi connectivity index (χ0n) is 7.43. The number of hydrogen-bond acceptors (Lipinski definition) is 5. The van der Waals surface area contributed by atoms with Gasteiger partial charge in [0.2, 0.25) is 5.82 Å². The summed E-state index contributed by atoms with van der Waals surface area (Å²) in [6, 6.07) is 1.20. The molecule has 0 amide bonds. The monoisotopic (exact) mass is 196 g/mol. The van der Waals surface area contributed by atoms with Crippen molar-refractivity contribution in [1.29, 1.82) is 0 Å². The maximum absolute atomic E-state index is 11.1. The molecule has 1 rings (SSSR count). The molecule has 0 aliphatic rings. The van der Waals surface area contributed by atoms with Crippen LogP contribution in [-0.4, -0.2) is 33.6 Å². The fraction of sp³-hybridized carbons (Fsp3) is 0.250. The number of carboxylic acids is 1. The van der Waals surface area contributed by atoms with E-state index in [1.807, 2.05) is 0 Å². The van der Waals surface area contributed by atoms with Crippen molar-refractivity contribution in [3.05, 3.63) is 23.8 Å². The SMILES string of the molecule is CCOC(=O)c1nccc(C(=O)O)n1. The lowest BCUT2D eigenvalue weighted by Crippen LogP contribution is -2.12. The van der Waals surface area contributed by atoms with Crippen LogP contribution in [0.25, 0.3) is 0 Å². The summed E-state index contributed by atoms with van der Waals surface area (Å²) in [5.41, 5.74) is -0.233. The van der Waals surface area contributed by atoms with Gasteiger partial charge in [-0.05, 0) is 13.0 Å². The molecule has 1 aromatic rings. The van der Waals surface area contributed by atoms with Crippen LogP contribution < -0.4 is 0 Å². The number of hydrogen-bond donors (Lipinski definition) is 1. The number of carbonyl (C=O) groups is 2. The fourth-order valence-electron chi connectivity index (χ4n) is 0.772. The van der Waals surface area contributed by atoms with Crippen LogP contribution in [-0.2, 0) is 4.74 Å². The van der Waals surface area contributed by atoms with Crippen molar-refractivity contribution in [1.82, 2.24) is 9.97 Å². The van der Waals surface area contributed by atoms with Crippen molar-refractivity contribution in [2.24, 2.45) is 0 Å². The summed E-state index contributed by atoms with van der Waals surface area (Å²) in [4.78, 5) is 28.7. The first-order valence-corrected chi connectivity index (χ1v) is 3.88. The number of esters is 1. The molecule has 0 atom stereocenters. The Morgan fingerprint density at radius 3 is 2.86 bits per heavy atom. The van der Waals surface area contributed by atoms with E-state index in [2.05, 4.69) is 14.7 Å². The average Bonchev–Trinajstić information content (AvgIpc) is 2.18. The summed E-state index contributed by atoms with van der Waals surface area (Å²) in [6.45, 7) is 1.83. The normalized spacial score (nSPS) is 9.50. The highest BCUT2D eigenvalue weighted by atomic mass is 16.5. The molecule has 6 nitrogen and oxygen atoms in total. The van der Waals surface area contributed by atoms with Crippen LogP contribution in [0.15, 0.2) is 12.3 Å². The molecule has 6 heteroatoms. The zero-order valence-corrected chi connectivity index (χ0v) is 7.43. The highest BCUT2D eigenvalue weighted by molar-refractivity contribution is 5.89. The predicted octanol–water partition coefficient (Wildman–Crippen LogP) is 0.352. The number of carboxylic acid groups (broad SMARTS) is 1. The first-order chi connectivity index (χ1) is 6.65. The van der Waals surface area contributed by atoms with Gasteiger partial charge < -0.3 is 9.84 Å². The lowest BCUT2D eigenvalue weighted by atomic mass is 10.4. The minimum absolute atomic E-state index is 0.194. The maximum Gasteiger partial charge on any atom is 0.376 e. The summed E-state index contributed by atoms with van der Waals surface area (Å²) in [5.74, 6) is -2.18. The Kier molecular flexibility index (Phi) is 3.11. The summed E-state index contributed by atoms with van der Waals surface area (Å²) in [7, 11) is 0. The van der Waals surface area contributed by atoms with Gasteiger partial charge in [-0.15, -0.1) is 0 Å². The van der Waals surface area contributed by atoms with E-state index in [0.29, 0.717) is 0 Å². The van der Waals surface area contributed by atoms with E-state index in [9.17, 15) is 9.59 Å². The Morgan fingerprint density at radius 2 is 2.29 bits per heavy atom. The van der Waals surface area contributed by atoms with E-state index < -0.39 is 11.9 Å². The van der Waals surface area contributed by atoms with Gasteiger partial charge in [0.25, 0.3) is 0 Å². The van der Waals surface area contributed by atoms with E-state index in [4.69, 9.17) is 5.11 Å². The molecule has 1 aromatic heterocycles. The molecule has 0 unspecified atom stereocenters. The van der Waals surface area contributed by atoms with Gasteiger partial charge in [-0.3, -0.25) is 0 Å². The maximum atomic E-state index is 11.1. The Morgan fingerprint density at radius 1 is 1.57 bits per heavy atom. The number of rotatable bonds is 3. The first kappa shape index (κ1) is 10.1. The van der Waals surface area contributed by atoms with E-state index >= 15 is 0 Å². The van der Waals surface area contributed by atoms with Crippen molar-refractivity contribution >= 4 is 11.9 Å². The van der Waals surface area contributed by atoms with Gasteiger partial charge in [0.15, 0.2) is 5.69 Å². The van der Waals surface area contributed by atoms with Gasteiger partial charge in [0.05, 0.1) is 6.61 Å². The summed E-state index contributed by atoms with van der Waals surface area (Å²) >= 11 is 0. The van der Waals surface area contributed by atoms with Crippen molar-refractivity contribution in [2.75, 3.05) is 6.61 Å². The van der Waals surface area contributed by atoms with Crippen LogP contribution >= 0.6 is 0 Å². The van der Waals surface area contributed by atoms with Gasteiger partial charge >= 0.3 is 11.9 Å². The van der Waals surface area contributed by atoms with E-state index in [1.54, 1.807) is 6.92 Å². The number of carbonyl (C=O) groups excluding carboxylic acids is 1. The molecule has 0 fully saturated rings. The smallest absolute Gasteiger partial charge is 0.376 e.